The van der Waals surface area contributed by atoms with Gasteiger partial charge in [-0.2, -0.15) is 5.21 Å². The maximum Gasteiger partial charge on any atom is 0.407 e. The summed E-state index contributed by atoms with van der Waals surface area (Å²) in [6, 6.07) is 14.1. The van der Waals surface area contributed by atoms with Crippen LogP contribution in [-0.2, 0) is 20.7 Å². The van der Waals surface area contributed by atoms with Crippen molar-refractivity contribution >= 4 is 39.5 Å². The number of carbonyl (C=O) groups is 3. The fourth-order valence-corrected chi connectivity index (χ4v) is 5.24. The average Bonchev–Trinajstić information content (AvgIpc) is 3.48. The topological polar surface area (TPSA) is 151 Å². The van der Waals surface area contributed by atoms with E-state index in [2.05, 4.69) is 52.5 Å². The summed E-state index contributed by atoms with van der Waals surface area (Å²) in [6.45, 7) is 6.09. The van der Waals surface area contributed by atoms with E-state index >= 15 is 0 Å². The predicted octanol–water partition coefficient (Wildman–Crippen LogP) is 5.02. The molecule has 3 aromatic rings. The van der Waals surface area contributed by atoms with Crippen LogP contribution in [0.15, 0.2) is 53.0 Å². The van der Waals surface area contributed by atoms with E-state index in [0.717, 1.165) is 41.3 Å². The molecule has 1 saturated carbocycles. The highest BCUT2D eigenvalue weighted by Crippen LogP contribution is 2.30. The third kappa shape index (κ3) is 9.93. The fourth-order valence-electron chi connectivity index (χ4n) is 4.98. The van der Waals surface area contributed by atoms with E-state index in [-0.39, 0.29) is 17.7 Å². The van der Waals surface area contributed by atoms with Crippen molar-refractivity contribution in [1.82, 2.24) is 31.3 Å². The number of rotatable bonds is 10. The SMILES string of the molecule is CC(C)(C)OC(=O)NCC1CCC(CC(=O)N[C@@H](Cc2ccc(Br)cc2)C(=O)Nc2ccc(-c3nn[nH]n3)cc2)CC1. The summed E-state index contributed by atoms with van der Waals surface area (Å²) in [5.74, 6) is 0.614. The number of H-pyrrole nitrogens is 1. The number of nitrogens with one attached hydrogen (secondary N) is 4. The zero-order valence-corrected chi connectivity index (χ0v) is 25.7. The Hall–Kier alpha value is -3.80. The van der Waals surface area contributed by atoms with Gasteiger partial charge in [0.15, 0.2) is 0 Å². The van der Waals surface area contributed by atoms with Crippen molar-refractivity contribution in [1.29, 1.82) is 0 Å². The lowest BCUT2D eigenvalue weighted by Gasteiger charge is -2.29. The minimum Gasteiger partial charge on any atom is -0.444 e. The molecule has 1 aliphatic carbocycles. The molecular weight excluding hydrogens is 602 g/mol. The lowest BCUT2D eigenvalue weighted by molar-refractivity contribution is -0.127. The van der Waals surface area contributed by atoms with Crippen molar-refractivity contribution in [3.63, 3.8) is 0 Å². The highest BCUT2D eigenvalue weighted by atomic mass is 79.9. The van der Waals surface area contributed by atoms with Crippen LogP contribution in [0.3, 0.4) is 0 Å². The Kier molecular flexibility index (Phi) is 10.7. The maximum absolute atomic E-state index is 13.4. The number of amides is 3. The third-order valence-electron chi connectivity index (χ3n) is 7.14. The maximum atomic E-state index is 13.4. The Labute approximate surface area is 254 Å². The summed E-state index contributed by atoms with van der Waals surface area (Å²) < 4.78 is 6.26. The Morgan fingerprint density at radius 2 is 1.67 bits per heavy atom. The van der Waals surface area contributed by atoms with Crippen molar-refractivity contribution < 1.29 is 19.1 Å². The Morgan fingerprint density at radius 3 is 2.29 bits per heavy atom. The smallest absolute Gasteiger partial charge is 0.407 e. The van der Waals surface area contributed by atoms with Gasteiger partial charge in [0, 0.05) is 35.1 Å². The van der Waals surface area contributed by atoms with Gasteiger partial charge in [-0.15, -0.1) is 10.2 Å². The van der Waals surface area contributed by atoms with Crippen molar-refractivity contribution in [3.8, 4) is 11.4 Å². The fraction of sp³-hybridized carbons (Fsp3) is 0.467. The van der Waals surface area contributed by atoms with Crippen molar-refractivity contribution in [2.75, 3.05) is 11.9 Å². The number of aromatic nitrogens is 4. The van der Waals surface area contributed by atoms with Gasteiger partial charge < -0.3 is 20.7 Å². The molecule has 0 aliphatic heterocycles. The van der Waals surface area contributed by atoms with E-state index in [1.54, 1.807) is 24.3 Å². The first kappa shape index (κ1) is 31.1. The molecule has 0 bridgehead atoms. The number of anilines is 1. The summed E-state index contributed by atoms with van der Waals surface area (Å²) in [7, 11) is 0. The summed E-state index contributed by atoms with van der Waals surface area (Å²) in [5, 5.41) is 22.7. The second-order valence-electron chi connectivity index (χ2n) is 11.7. The Balaban J connectivity index is 1.30. The summed E-state index contributed by atoms with van der Waals surface area (Å²) >= 11 is 3.44. The van der Waals surface area contributed by atoms with Crippen LogP contribution in [0.25, 0.3) is 11.4 Å². The molecule has 3 amide bonds. The minimum absolute atomic E-state index is 0.143. The molecule has 4 N–H and O–H groups in total. The molecule has 0 saturated heterocycles. The molecule has 224 valence electrons. The number of tetrazole rings is 1. The number of benzene rings is 2. The second-order valence-corrected chi connectivity index (χ2v) is 12.6. The molecule has 0 unspecified atom stereocenters. The van der Waals surface area contributed by atoms with Gasteiger partial charge in [0.25, 0.3) is 0 Å². The lowest BCUT2D eigenvalue weighted by atomic mass is 9.80. The van der Waals surface area contributed by atoms with Gasteiger partial charge in [-0.1, -0.05) is 28.1 Å². The van der Waals surface area contributed by atoms with Gasteiger partial charge in [-0.05, 0) is 105 Å². The molecule has 1 heterocycles. The van der Waals surface area contributed by atoms with E-state index in [4.69, 9.17) is 4.74 Å². The average molecular weight is 641 g/mol. The summed E-state index contributed by atoms with van der Waals surface area (Å²) in [4.78, 5) is 38.5. The van der Waals surface area contributed by atoms with Crippen LogP contribution in [0.5, 0.6) is 0 Å². The molecule has 2 aromatic carbocycles. The molecule has 1 atom stereocenters. The number of hydrogen-bond acceptors (Lipinski definition) is 7. The quantitative estimate of drug-likeness (QED) is 0.243. The first-order valence-electron chi connectivity index (χ1n) is 14.2. The number of aromatic amines is 1. The van der Waals surface area contributed by atoms with Crippen molar-refractivity contribution in [2.24, 2.45) is 11.8 Å². The summed E-state index contributed by atoms with van der Waals surface area (Å²) in [5.41, 5.74) is 1.77. The standard InChI is InChI=1S/C30H38BrN7O4/c1-30(2,3)42-29(41)32-18-21-6-4-20(5-7-21)17-26(39)34-25(16-19-8-12-23(31)13-9-19)28(40)33-24-14-10-22(11-15-24)27-35-37-38-36-27/h8-15,20-21,25H,4-7,16-18H2,1-3H3,(H,32,41)(H,33,40)(H,34,39)(H,35,36,37,38)/t20?,21?,25-/m0/s1. The van der Waals surface area contributed by atoms with Gasteiger partial charge in [0.2, 0.25) is 17.6 Å². The largest absolute Gasteiger partial charge is 0.444 e. The van der Waals surface area contributed by atoms with Crippen LogP contribution in [0.1, 0.15) is 58.4 Å². The van der Waals surface area contributed by atoms with E-state index in [9.17, 15) is 14.4 Å². The van der Waals surface area contributed by atoms with Gasteiger partial charge in [-0.3, -0.25) is 9.59 Å². The third-order valence-corrected chi connectivity index (χ3v) is 7.66. The van der Waals surface area contributed by atoms with Crippen LogP contribution >= 0.6 is 15.9 Å². The zero-order chi connectivity index (χ0) is 30.1. The second kappa shape index (κ2) is 14.4. The van der Waals surface area contributed by atoms with Gasteiger partial charge in [0.05, 0.1) is 0 Å². The van der Waals surface area contributed by atoms with Gasteiger partial charge in [0.1, 0.15) is 11.6 Å². The highest BCUT2D eigenvalue weighted by Gasteiger charge is 2.27. The van der Waals surface area contributed by atoms with E-state index in [1.807, 2.05) is 45.0 Å². The monoisotopic (exact) mass is 639 g/mol. The first-order chi connectivity index (χ1) is 20.0. The molecule has 0 radical (unpaired) electrons. The van der Waals surface area contributed by atoms with Crippen LogP contribution in [0, 0.1) is 11.8 Å². The Bertz CT molecular complexity index is 1320. The number of hydrogen-bond donors (Lipinski definition) is 4. The molecule has 1 fully saturated rings. The number of halogens is 1. The predicted molar refractivity (Wildman–Crippen MR) is 162 cm³/mol. The van der Waals surface area contributed by atoms with Crippen LogP contribution in [-0.4, -0.2) is 56.7 Å². The van der Waals surface area contributed by atoms with Crippen molar-refractivity contribution in [3.05, 3.63) is 58.6 Å². The minimum atomic E-state index is -0.745. The lowest BCUT2D eigenvalue weighted by Crippen LogP contribution is -2.45. The van der Waals surface area contributed by atoms with E-state index in [1.165, 1.54) is 0 Å². The van der Waals surface area contributed by atoms with Crippen molar-refractivity contribution in [2.45, 2.75) is 70.9 Å². The van der Waals surface area contributed by atoms with E-state index < -0.39 is 17.7 Å². The molecule has 4 rings (SSSR count). The molecule has 42 heavy (non-hydrogen) atoms. The van der Waals surface area contributed by atoms with E-state index in [0.29, 0.717) is 36.8 Å². The molecule has 11 nitrogen and oxygen atoms in total. The molecule has 0 spiro atoms. The van der Waals surface area contributed by atoms with Gasteiger partial charge >= 0.3 is 6.09 Å². The molecular formula is C30H38BrN7O4. The Morgan fingerprint density at radius 1 is 1.00 bits per heavy atom. The first-order valence-corrected chi connectivity index (χ1v) is 15.0. The molecule has 1 aliphatic rings. The van der Waals surface area contributed by atoms with Crippen LogP contribution in [0.2, 0.25) is 0 Å². The number of ether oxygens (including phenoxy) is 1. The summed E-state index contributed by atoms with van der Waals surface area (Å²) in [6.07, 6.45) is 3.95. The molecule has 1 aromatic heterocycles. The molecule has 12 heteroatoms. The number of alkyl carbamates (subject to hydrolysis) is 1. The van der Waals surface area contributed by atoms with Gasteiger partial charge in [-0.25, -0.2) is 4.79 Å². The van der Waals surface area contributed by atoms with Crippen LogP contribution in [0.4, 0.5) is 10.5 Å². The zero-order valence-electron chi connectivity index (χ0n) is 24.2. The van der Waals surface area contributed by atoms with Crippen LogP contribution < -0.4 is 16.0 Å². The normalized spacial score (nSPS) is 17.6. The number of nitrogens with zero attached hydrogens (tertiary/aromatic N) is 3. The highest BCUT2D eigenvalue weighted by molar-refractivity contribution is 9.10. The number of carbonyl (C=O) groups excluding carboxylic acids is 3.